The van der Waals surface area contributed by atoms with Gasteiger partial charge < -0.3 is 20.9 Å². The number of hydrogen-bond donors (Lipinski definition) is 3. The Balaban J connectivity index is 1.40. The third kappa shape index (κ3) is 5.06. The van der Waals surface area contributed by atoms with Crippen LogP contribution < -0.4 is 11.1 Å². The summed E-state index contributed by atoms with van der Waals surface area (Å²) in [5.41, 5.74) is 7.05. The summed E-state index contributed by atoms with van der Waals surface area (Å²) in [5.74, 6) is -0.629. The van der Waals surface area contributed by atoms with Crippen molar-refractivity contribution >= 4 is 60.4 Å². The van der Waals surface area contributed by atoms with Crippen molar-refractivity contribution < 1.29 is 18.0 Å². The summed E-state index contributed by atoms with van der Waals surface area (Å²) in [6.07, 6.45) is 0.767. The number of sulfonamides is 1. The Morgan fingerprint density at radius 2 is 2.00 bits per heavy atom. The Morgan fingerprint density at radius 3 is 2.74 bits per heavy atom. The van der Waals surface area contributed by atoms with Crippen LogP contribution in [0.2, 0.25) is 0 Å². The van der Waals surface area contributed by atoms with Crippen LogP contribution in [0.15, 0.2) is 28.5 Å². The number of rotatable bonds is 6. The number of piperazine rings is 1. The molecule has 5 rings (SSSR count). The molecule has 11 nitrogen and oxygen atoms in total. The van der Waals surface area contributed by atoms with Gasteiger partial charge >= 0.3 is 0 Å². The van der Waals surface area contributed by atoms with Gasteiger partial charge in [-0.2, -0.15) is 4.31 Å². The molecule has 2 amide bonds. The standard InChI is InChI=1S/C24H29N7O4S3/c1-27-20(32)11-16-12-30(38(34,35)21-10-15-9-14(22(25)26)3-4-18(15)36-21)7-8-31(16)24(33)23-28-17-5-6-29(2)13-19(17)37-23/h3-4,9-10,16H,5-8,11-13H2,1-2H3,(H3,25,26)(H,27,32). The number of amidine groups is 1. The minimum Gasteiger partial charge on any atom is -0.384 e. The van der Waals surface area contributed by atoms with Gasteiger partial charge in [0.1, 0.15) is 10.0 Å². The van der Waals surface area contributed by atoms with E-state index in [9.17, 15) is 18.0 Å². The second kappa shape index (κ2) is 10.3. The maximum atomic E-state index is 13.6. The van der Waals surface area contributed by atoms with E-state index in [1.54, 1.807) is 29.2 Å². The molecule has 202 valence electrons. The Labute approximate surface area is 228 Å². The fraction of sp³-hybridized carbons (Fsp3) is 0.417. The molecule has 14 heteroatoms. The van der Waals surface area contributed by atoms with Crippen molar-refractivity contribution in [2.24, 2.45) is 5.73 Å². The third-order valence-corrected chi connectivity index (χ3v) is 11.4. The smallest absolute Gasteiger partial charge is 0.283 e. The summed E-state index contributed by atoms with van der Waals surface area (Å²) in [7, 11) is -0.328. The SMILES string of the molecule is CNC(=O)CC1CN(S(=O)(=O)c2cc3cc(C(=N)N)ccc3s2)CCN1C(=O)c1nc2c(s1)CN(C)CC2. The van der Waals surface area contributed by atoms with Crippen LogP contribution in [-0.2, 0) is 27.8 Å². The van der Waals surface area contributed by atoms with E-state index in [-0.39, 0.29) is 47.9 Å². The molecule has 2 aliphatic rings. The van der Waals surface area contributed by atoms with Crippen LogP contribution in [0.4, 0.5) is 0 Å². The summed E-state index contributed by atoms with van der Waals surface area (Å²) < 4.78 is 29.6. The minimum atomic E-state index is -3.88. The first-order chi connectivity index (χ1) is 18.1. The average molecular weight is 576 g/mol. The number of thiazole rings is 1. The zero-order chi connectivity index (χ0) is 27.2. The molecule has 38 heavy (non-hydrogen) atoms. The number of fused-ring (bicyclic) bond motifs is 2. The first kappa shape index (κ1) is 26.7. The summed E-state index contributed by atoms with van der Waals surface area (Å²) in [6.45, 7) is 1.90. The number of nitrogens with two attached hydrogens (primary N) is 1. The van der Waals surface area contributed by atoms with E-state index in [1.165, 1.54) is 22.7 Å². The van der Waals surface area contributed by atoms with Crippen LogP contribution in [0.3, 0.4) is 0 Å². The van der Waals surface area contributed by atoms with Crippen molar-refractivity contribution in [3.05, 3.63) is 45.4 Å². The fourth-order valence-corrected chi connectivity index (χ4v) is 8.93. The molecule has 0 bridgehead atoms. The number of carbonyl (C=O) groups is 2. The zero-order valence-corrected chi connectivity index (χ0v) is 23.5. The molecule has 4 heterocycles. The maximum absolute atomic E-state index is 13.6. The molecule has 2 aliphatic heterocycles. The largest absolute Gasteiger partial charge is 0.384 e. The Kier molecular flexibility index (Phi) is 7.26. The summed E-state index contributed by atoms with van der Waals surface area (Å²) in [6, 6.07) is 6.10. The fourth-order valence-electron chi connectivity index (χ4n) is 4.78. The lowest BCUT2D eigenvalue weighted by Gasteiger charge is -2.40. The number of nitrogen functional groups attached to an aromatic ring is 1. The molecule has 1 saturated heterocycles. The van der Waals surface area contributed by atoms with Gasteiger partial charge in [0.2, 0.25) is 5.91 Å². The van der Waals surface area contributed by atoms with Crippen molar-refractivity contribution in [2.75, 3.05) is 40.3 Å². The first-order valence-corrected chi connectivity index (χ1v) is 15.2. The van der Waals surface area contributed by atoms with Crippen LogP contribution in [0.25, 0.3) is 10.1 Å². The monoisotopic (exact) mass is 575 g/mol. The number of aromatic nitrogens is 1. The van der Waals surface area contributed by atoms with Gasteiger partial charge in [0.25, 0.3) is 15.9 Å². The van der Waals surface area contributed by atoms with Crippen LogP contribution in [0.5, 0.6) is 0 Å². The number of nitrogens with zero attached hydrogens (tertiary/aromatic N) is 4. The van der Waals surface area contributed by atoms with E-state index in [0.717, 1.165) is 46.1 Å². The van der Waals surface area contributed by atoms with Gasteiger partial charge in [0, 0.05) is 67.8 Å². The highest BCUT2D eigenvalue weighted by atomic mass is 32.2. The molecule has 0 aliphatic carbocycles. The van der Waals surface area contributed by atoms with Gasteiger partial charge in [0.05, 0.1) is 11.7 Å². The van der Waals surface area contributed by atoms with Gasteiger partial charge in [-0.3, -0.25) is 15.0 Å². The maximum Gasteiger partial charge on any atom is 0.283 e. The van der Waals surface area contributed by atoms with E-state index in [2.05, 4.69) is 15.2 Å². The van der Waals surface area contributed by atoms with Crippen molar-refractivity contribution in [2.45, 2.75) is 29.6 Å². The van der Waals surface area contributed by atoms with Gasteiger partial charge in [-0.15, -0.1) is 22.7 Å². The van der Waals surface area contributed by atoms with E-state index >= 15 is 0 Å². The van der Waals surface area contributed by atoms with Gasteiger partial charge in [0.15, 0.2) is 5.01 Å². The van der Waals surface area contributed by atoms with E-state index in [1.807, 2.05) is 7.05 Å². The van der Waals surface area contributed by atoms with E-state index in [4.69, 9.17) is 11.1 Å². The number of hydrogen-bond acceptors (Lipinski definition) is 9. The molecular weight excluding hydrogens is 547 g/mol. The molecule has 1 atom stereocenters. The highest BCUT2D eigenvalue weighted by molar-refractivity contribution is 7.91. The Hall–Kier alpha value is -2.91. The highest BCUT2D eigenvalue weighted by Crippen LogP contribution is 2.33. The van der Waals surface area contributed by atoms with Crippen molar-refractivity contribution in [3.8, 4) is 0 Å². The number of amides is 2. The Morgan fingerprint density at radius 1 is 1.21 bits per heavy atom. The quantitative estimate of drug-likeness (QED) is 0.296. The van der Waals surface area contributed by atoms with E-state index < -0.39 is 16.1 Å². The molecule has 1 unspecified atom stereocenters. The lowest BCUT2D eigenvalue weighted by atomic mass is 10.1. The zero-order valence-electron chi connectivity index (χ0n) is 21.1. The highest BCUT2D eigenvalue weighted by Gasteiger charge is 2.39. The van der Waals surface area contributed by atoms with Crippen molar-refractivity contribution in [3.63, 3.8) is 0 Å². The lowest BCUT2D eigenvalue weighted by molar-refractivity contribution is -0.121. The molecule has 3 aromatic rings. The summed E-state index contributed by atoms with van der Waals surface area (Å²) in [4.78, 5) is 35.3. The number of nitrogens with one attached hydrogen (secondary N) is 2. The van der Waals surface area contributed by atoms with Crippen LogP contribution in [0, 0.1) is 5.41 Å². The number of thiophene rings is 1. The molecule has 0 spiro atoms. The van der Waals surface area contributed by atoms with Crippen LogP contribution in [0.1, 0.15) is 32.4 Å². The molecule has 4 N–H and O–H groups in total. The molecule has 0 radical (unpaired) electrons. The van der Waals surface area contributed by atoms with Crippen molar-refractivity contribution in [1.82, 2.24) is 24.4 Å². The molecule has 0 saturated carbocycles. The normalized spacial score (nSPS) is 18.9. The topological polar surface area (TPSA) is 153 Å². The van der Waals surface area contributed by atoms with Crippen molar-refractivity contribution in [1.29, 1.82) is 5.41 Å². The number of benzene rings is 1. The second-order valence-electron chi connectivity index (χ2n) is 9.50. The average Bonchev–Trinajstić information content (AvgIpc) is 3.52. The Bertz CT molecular complexity index is 1530. The number of likely N-dealkylation sites (N-methyl/N-ethyl adjacent to an activating group) is 1. The van der Waals surface area contributed by atoms with Gasteiger partial charge in [-0.25, -0.2) is 13.4 Å². The first-order valence-electron chi connectivity index (χ1n) is 12.1. The third-order valence-electron chi connectivity index (χ3n) is 6.91. The van der Waals surface area contributed by atoms with Crippen LogP contribution in [-0.4, -0.2) is 91.5 Å². The lowest BCUT2D eigenvalue weighted by Crippen LogP contribution is -2.57. The number of carbonyl (C=O) groups excluding carboxylic acids is 2. The summed E-state index contributed by atoms with van der Waals surface area (Å²) in [5, 5.41) is 11.3. The molecular formula is C24H29N7O4S3. The molecule has 1 aromatic carbocycles. The second-order valence-corrected chi connectivity index (χ2v) is 13.8. The van der Waals surface area contributed by atoms with E-state index in [0.29, 0.717) is 16.0 Å². The molecule has 2 aromatic heterocycles. The van der Waals surface area contributed by atoms with Gasteiger partial charge in [-0.05, 0) is 36.7 Å². The predicted octanol–water partition coefficient (Wildman–Crippen LogP) is 1.28. The molecule has 1 fully saturated rings. The van der Waals surface area contributed by atoms with Crippen LogP contribution >= 0.6 is 22.7 Å². The minimum absolute atomic E-state index is 0.00224. The predicted molar refractivity (Wildman–Crippen MR) is 147 cm³/mol. The summed E-state index contributed by atoms with van der Waals surface area (Å²) >= 11 is 2.52. The van der Waals surface area contributed by atoms with Gasteiger partial charge in [-0.1, -0.05) is 0 Å².